The van der Waals surface area contributed by atoms with Crippen molar-refractivity contribution in [2.45, 2.75) is 0 Å². The second-order valence-electron chi connectivity index (χ2n) is 2.34. The molecule has 13 heavy (non-hydrogen) atoms. The number of ether oxygens (including phenoxy) is 1. The Balaban J connectivity index is 3.33. The van der Waals surface area contributed by atoms with Crippen molar-refractivity contribution in [3.05, 3.63) is 26.3 Å². The first-order chi connectivity index (χ1) is 6.06. The molecule has 0 saturated carbocycles. The third-order valence-electron chi connectivity index (χ3n) is 1.50. The van der Waals surface area contributed by atoms with Gasteiger partial charge in [0.1, 0.15) is 5.75 Å². The second kappa shape index (κ2) is 4.15. The molecule has 0 aliphatic carbocycles. The lowest BCUT2D eigenvalue weighted by atomic mass is 10.2. The van der Waals surface area contributed by atoms with Crippen molar-refractivity contribution in [3.8, 4) is 5.75 Å². The van der Waals surface area contributed by atoms with Crippen molar-refractivity contribution >= 4 is 40.1 Å². The van der Waals surface area contributed by atoms with Crippen LogP contribution < -0.4 is 10.5 Å². The van der Waals surface area contributed by atoms with Gasteiger partial charge in [-0.2, -0.15) is 0 Å². The molecule has 0 aliphatic heterocycles. The summed E-state index contributed by atoms with van der Waals surface area (Å²) in [7, 11) is 1.52. The molecule has 0 spiro atoms. The van der Waals surface area contributed by atoms with Crippen LogP contribution in [0.15, 0.2) is 12.1 Å². The van der Waals surface area contributed by atoms with E-state index >= 15 is 0 Å². The van der Waals surface area contributed by atoms with E-state index in [1.807, 2.05) is 22.6 Å². The predicted molar refractivity (Wildman–Crippen MR) is 59.2 cm³/mol. The molecule has 0 unspecified atom stereocenters. The summed E-state index contributed by atoms with van der Waals surface area (Å²) in [6.45, 7) is 0. The fourth-order valence-corrected chi connectivity index (χ4v) is 1.66. The fraction of sp³-hybridized carbons (Fsp3) is 0.125. The zero-order chi connectivity index (χ0) is 10.0. The standard InChI is InChI=1S/C8H7ClINO2/c1-13-4-2-5(8(11)12)7(9)6(10)3-4/h2-3H,1H3,(H2,11,12). The number of nitrogens with two attached hydrogens (primary N) is 1. The van der Waals surface area contributed by atoms with Crippen molar-refractivity contribution in [1.29, 1.82) is 0 Å². The van der Waals surface area contributed by atoms with Crippen LogP contribution in [-0.4, -0.2) is 13.0 Å². The van der Waals surface area contributed by atoms with Gasteiger partial charge in [0.05, 0.1) is 17.7 Å². The molecule has 1 rings (SSSR count). The van der Waals surface area contributed by atoms with Crippen LogP contribution in [0.1, 0.15) is 10.4 Å². The number of benzene rings is 1. The Hall–Kier alpha value is -0.490. The van der Waals surface area contributed by atoms with Gasteiger partial charge < -0.3 is 10.5 Å². The lowest BCUT2D eigenvalue weighted by molar-refractivity contribution is 0.1000. The zero-order valence-electron chi connectivity index (χ0n) is 6.80. The first kappa shape index (κ1) is 10.6. The summed E-state index contributed by atoms with van der Waals surface area (Å²) in [4.78, 5) is 10.9. The maximum absolute atomic E-state index is 10.9. The van der Waals surface area contributed by atoms with E-state index in [1.54, 1.807) is 6.07 Å². The van der Waals surface area contributed by atoms with Gasteiger partial charge in [-0.3, -0.25) is 4.79 Å². The summed E-state index contributed by atoms with van der Waals surface area (Å²) >= 11 is 7.87. The van der Waals surface area contributed by atoms with E-state index in [-0.39, 0.29) is 5.56 Å². The number of methoxy groups -OCH3 is 1. The lowest BCUT2D eigenvalue weighted by Gasteiger charge is -2.05. The predicted octanol–water partition coefficient (Wildman–Crippen LogP) is 2.05. The maximum Gasteiger partial charge on any atom is 0.250 e. The Morgan fingerprint density at radius 3 is 2.69 bits per heavy atom. The summed E-state index contributed by atoms with van der Waals surface area (Å²) in [5.41, 5.74) is 5.41. The first-order valence-electron chi connectivity index (χ1n) is 3.39. The molecule has 0 radical (unpaired) electrons. The SMILES string of the molecule is COc1cc(I)c(Cl)c(C(N)=O)c1. The van der Waals surface area contributed by atoms with Crippen LogP contribution in [0.5, 0.6) is 5.75 Å². The number of carbonyl (C=O) groups is 1. The molecule has 1 aromatic carbocycles. The third kappa shape index (κ3) is 2.25. The molecule has 3 nitrogen and oxygen atoms in total. The number of hydrogen-bond donors (Lipinski definition) is 1. The monoisotopic (exact) mass is 311 g/mol. The first-order valence-corrected chi connectivity index (χ1v) is 4.84. The van der Waals surface area contributed by atoms with Gasteiger partial charge >= 0.3 is 0 Å². The Morgan fingerprint density at radius 1 is 1.62 bits per heavy atom. The van der Waals surface area contributed by atoms with E-state index in [9.17, 15) is 4.79 Å². The van der Waals surface area contributed by atoms with Crippen molar-refractivity contribution < 1.29 is 9.53 Å². The Bertz CT molecular complexity index is 354. The average Bonchev–Trinajstić information content (AvgIpc) is 2.09. The second-order valence-corrected chi connectivity index (χ2v) is 3.88. The largest absolute Gasteiger partial charge is 0.497 e. The topological polar surface area (TPSA) is 52.3 Å². The highest BCUT2D eigenvalue weighted by Gasteiger charge is 2.11. The number of rotatable bonds is 2. The van der Waals surface area contributed by atoms with E-state index in [1.165, 1.54) is 13.2 Å². The Kier molecular flexibility index (Phi) is 3.38. The highest BCUT2D eigenvalue weighted by Crippen LogP contribution is 2.27. The Labute approximate surface area is 94.3 Å². The van der Waals surface area contributed by atoms with E-state index in [0.717, 1.165) is 3.57 Å². The summed E-state index contributed by atoms with van der Waals surface area (Å²) in [6.07, 6.45) is 0. The van der Waals surface area contributed by atoms with Crippen LogP contribution in [0.3, 0.4) is 0 Å². The maximum atomic E-state index is 10.9. The van der Waals surface area contributed by atoms with Crippen molar-refractivity contribution in [3.63, 3.8) is 0 Å². The van der Waals surface area contributed by atoms with E-state index in [2.05, 4.69) is 0 Å². The van der Waals surface area contributed by atoms with Gasteiger partial charge in [0.25, 0.3) is 0 Å². The molecule has 0 fully saturated rings. The molecule has 0 aliphatic rings. The zero-order valence-corrected chi connectivity index (χ0v) is 9.72. The molecule has 0 bridgehead atoms. The fourth-order valence-electron chi connectivity index (χ4n) is 0.861. The molecule has 5 heteroatoms. The number of primary amides is 1. The van der Waals surface area contributed by atoms with Gasteiger partial charge in [0.2, 0.25) is 5.91 Å². The molecule has 2 N–H and O–H groups in total. The number of hydrogen-bond acceptors (Lipinski definition) is 2. The number of carbonyl (C=O) groups excluding carboxylic acids is 1. The van der Waals surface area contributed by atoms with Crippen molar-refractivity contribution in [1.82, 2.24) is 0 Å². The molecular formula is C8H7ClINO2. The van der Waals surface area contributed by atoms with Gasteiger partial charge in [-0.05, 0) is 34.7 Å². The number of halogens is 2. The van der Waals surface area contributed by atoms with Gasteiger partial charge in [-0.1, -0.05) is 11.6 Å². The summed E-state index contributed by atoms with van der Waals surface area (Å²) in [6, 6.07) is 3.25. The Morgan fingerprint density at radius 2 is 2.23 bits per heavy atom. The quantitative estimate of drug-likeness (QED) is 0.850. The smallest absolute Gasteiger partial charge is 0.250 e. The summed E-state index contributed by atoms with van der Waals surface area (Å²) in [5.74, 6) is 0.0180. The lowest BCUT2D eigenvalue weighted by Crippen LogP contribution is -2.12. The summed E-state index contributed by atoms with van der Waals surface area (Å²) < 4.78 is 5.71. The minimum absolute atomic E-state index is 0.283. The van der Waals surface area contributed by atoms with Crippen LogP contribution in [0.25, 0.3) is 0 Å². The molecule has 70 valence electrons. The number of amides is 1. The van der Waals surface area contributed by atoms with Gasteiger partial charge in [0, 0.05) is 3.57 Å². The van der Waals surface area contributed by atoms with Gasteiger partial charge in [-0.25, -0.2) is 0 Å². The molecule has 0 aromatic heterocycles. The normalized spacial score (nSPS) is 9.77. The molecule has 0 saturated heterocycles. The van der Waals surface area contributed by atoms with Crippen LogP contribution in [0.2, 0.25) is 5.02 Å². The average molecular weight is 312 g/mol. The van der Waals surface area contributed by atoms with Gasteiger partial charge in [-0.15, -0.1) is 0 Å². The highest BCUT2D eigenvalue weighted by atomic mass is 127. The molecular weight excluding hydrogens is 304 g/mol. The van der Waals surface area contributed by atoms with Crippen LogP contribution in [0, 0.1) is 3.57 Å². The molecule has 1 amide bonds. The third-order valence-corrected chi connectivity index (χ3v) is 3.08. The molecule has 0 atom stereocenters. The van der Waals surface area contributed by atoms with Crippen molar-refractivity contribution in [2.24, 2.45) is 5.73 Å². The summed E-state index contributed by atoms with van der Waals surface area (Å²) in [5, 5.41) is 0.369. The minimum atomic E-state index is -0.554. The van der Waals surface area contributed by atoms with Crippen LogP contribution in [0.4, 0.5) is 0 Å². The van der Waals surface area contributed by atoms with Crippen LogP contribution in [-0.2, 0) is 0 Å². The minimum Gasteiger partial charge on any atom is -0.497 e. The highest BCUT2D eigenvalue weighted by molar-refractivity contribution is 14.1. The van der Waals surface area contributed by atoms with E-state index in [4.69, 9.17) is 22.1 Å². The van der Waals surface area contributed by atoms with Gasteiger partial charge in [0.15, 0.2) is 0 Å². The molecule has 0 heterocycles. The van der Waals surface area contributed by atoms with Crippen molar-refractivity contribution in [2.75, 3.05) is 7.11 Å². The molecule has 1 aromatic rings. The van der Waals surface area contributed by atoms with E-state index in [0.29, 0.717) is 10.8 Å². The van der Waals surface area contributed by atoms with E-state index < -0.39 is 5.91 Å². The van der Waals surface area contributed by atoms with Crippen LogP contribution >= 0.6 is 34.2 Å².